The molecule has 4 aromatic rings. The third kappa shape index (κ3) is 7.59. The average Bonchev–Trinajstić information content (AvgIpc) is 3.42. The van der Waals surface area contributed by atoms with Crippen LogP contribution in [0.5, 0.6) is 11.5 Å². The molecular formula is C39H43N5O7S. The third-order valence-electron chi connectivity index (χ3n) is 9.79. The highest BCUT2D eigenvalue weighted by molar-refractivity contribution is 7.08. The van der Waals surface area contributed by atoms with Gasteiger partial charge in [-0.2, -0.15) is 11.3 Å². The maximum Gasteiger partial charge on any atom is 0.330 e. The van der Waals surface area contributed by atoms with E-state index in [1.807, 2.05) is 80.7 Å². The molecule has 2 aromatic heterocycles. The number of carboxylic acid groups (broad SMARTS) is 1. The fourth-order valence-corrected chi connectivity index (χ4v) is 7.14. The highest BCUT2D eigenvalue weighted by Crippen LogP contribution is 2.45. The molecule has 1 aliphatic heterocycles. The molecule has 1 aliphatic carbocycles. The molecule has 13 heteroatoms. The zero-order chi connectivity index (χ0) is 37.2. The van der Waals surface area contributed by atoms with E-state index in [1.54, 1.807) is 18.6 Å². The number of ether oxygens (including phenoxy) is 2. The normalized spacial score (nSPS) is 21.5. The average molecular weight is 726 g/mol. The van der Waals surface area contributed by atoms with E-state index < -0.39 is 53.0 Å². The Morgan fingerprint density at radius 1 is 1.13 bits per heavy atom. The van der Waals surface area contributed by atoms with Crippen molar-refractivity contribution in [2.24, 2.45) is 11.3 Å². The highest BCUT2D eigenvalue weighted by atomic mass is 32.1. The van der Waals surface area contributed by atoms with Gasteiger partial charge in [0.2, 0.25) is 5.91 Å². The van der Waals surface area contributed by atoms with Crippen molar-refractivity contribution in [1.29, 1.82) is 0 Å². The Kier molecular flexibility index (Phi) is 10.3. The fraction of sp³-hybridized carbons (Fsp3) is 0.359. The molecule has 0 spiro atoms. The maximum atomic E-state index is 14.2. The van der Waals surface area contributed by atoms with Crippen molar-refractivity contribution in [3.8, 4) is 22.8 Å². The summed E-state index contributed by atoms with van der Waals surface area (Å²) in [6, 6.07) is 16.6. The van der Waals surface area contributed by atoms with Crippen molar-refractivity contribution in [1.82, 2.24) is 25.8 Å². The minimum absolute atomic E-state index is 0.0354. The minimum Gasteiger partial charge on any atom is -0.497 e. The van der Waals surface area contributed by atoms with E-state index in [0.29, 0.717) is 28.3 Å². The number of hydrogen-bond donors (Lipinski definition) is 4. The maximum absolute atomic E-state index is 14.2. The number of carbonyl (C=O) groups excluding carboxylic acids is 3. The number of pyridine rings is 1. The van der Waals surface area contributed by atoms with Crippen molar-refractivity contribution in [2.45, 2.75) is 57.3 Å². The number of likely N-dealkylation sites (tertiary alicyclic amines) is 1. The first kappa shape index (κ1) is 36.4. The number of aliphatic carboxylic acids is 1. The summed E-state index contributed by atoms with van der Waals surface area (Å²) in [4.78, 5) is 59.4. The Labute approximate surface area is 306 Å². The SMILES string of the molecule is C=CC1CC1(NC(=O)C1CC(Oc2cc(-c3ccccc3)nc3cc(OC)ccc23)CN1C(=O)NC(CNC(=O)c1ccsc1)C(C)(C)C)C(=O)O. The van der Waals surface area contributed by atoms with Gasteiger partial charge in [0.15, 0.2) is 0 Å². The Bertz CT molecular complexity index is 1980. The summed E-state index contributed by atoms with van der Waals surface area (Å²) in [5, 5.41) is 23.0. The van der Waals surface area contributed by atoms with Crippen LogP contribution in [0, 0.1) is 11.3 Å². The Morgan fingerprint density at radius 2 is 1.90 bits per heavy atom. The number of benzene rings is 2. The fourth-order valence-electron chi connectivity index (χ4n) is 6.51. The van der Waals surface area contributed by atoms with Gasteiger partial charge < -0.3 is 35.4 Å². The van der Waals surface area contributed by atoms with Crippen LogP contribution in [0.25, 0.3) is 22.2 Å². The van der Waals surface area contributed by atoms with Gasteiger partial charge in [-0.3, -0.25) is 9.59 Å². The van der Waals surface area contributed by atoms with Gasteiger partial charge in [-0.15, -0.1) is 6.58 Å². The number of carboxylic acids is 1. The van der Waals surface area contributed by atoms with E-state index >= 15 is 0 Å². The van der Waals surface area contributed by atoms with Gasteiger partial charge in [-0.1, -0.05) is 57.2 Å². The molecule has 1 saturated carbocycles. The Morgan fingerprint density at radius 3 is 2.54 bits per heavy atom. The molecule has 0 bridgehead atoms. The molecule has 2 fully saturated rings. The van der Waals surface area contributed by atoms with E-state index in [2.05, 4.69) is 22.5 Å². The summed E-state index contributed by atoms with van der Waals surface area (Å²) in [7, 11) is 1.58. The molecule has 272 valence electrons. The highest BCUT2D eigenvalue weighted by Gasteiger charge is 2.61. The number of amides is 4. The quantitative estimate of drug-likeness (QED) is 0.140. The predicted octanol–water partition coefficient (Wildman–Crippen LogP) is 5.49. The number of methoxy groups -OCH3 is 1. The largest absolute Gasteiger partial charge is 0.497 e. The number of thiophene rings is 1. The predicted molar refractivity (Wildman–Crippen MR) is 198 cm³/mol. The monoisotopic (exact) mass is 725 g/mol. The first-order valence-electron chi connectivity index (χ1n) is 17.1. The minimum atomic E-state index is -1.48. The number of hydrogen-bond acceptors (Lipinski definition) is 8. The van der Waals surface area contributed by atoms with Crippen LogP contribution in [0.3, 0.4) is 0 Å². The van der Waals surface area contributed by atoms with Gasteiger partial charge in [0.25, 0.3) is 5.91 Å². The van der Waals surface area contributed by atoms with Crippen molar-refractivity contribution in [2.75, 3.05) is 20.2 Å². The summed E-state index contributed by atoms with van der Waals surface area (Å²) < 4.78 is 12.1. The van der Waals surface area contributed by atoms with E-state index in [0.717, 1.165) is 10.9 Å². The van der Waals surface area contributed by atoms with E-state index in [1.165, 1.54) is 22.3 Å². The lowest BCUT2D eigenvalue weighted by Crippen LogP contribution is -2.58. The van der Waals surface area contributed by atoms with Crippen LogP contribution in [0.4, 0.5) is 4.79 Å². The van der Waals surface area contributed by atoms with Gasteiger partial charge in [0.05, 0.1) is 30.9 Å². The zero-order valence-electron chi connectivity index (χ0n) is 29.5. The lowest BCUT2D eigenvalue weighted by Gasteiger charge is -2.34. The first-order chi connectivity index (χ1) is 24.8. The van der Waals surface area contributed by atoms with Gasteiger partial charge in [0.1, 0.15) is 29.2 Å². The van der Waals surface area contributed by atoms with Crippen LogP contribution < -0.4 is 25.4 Å². The van der Waals surface area contributed by atoms with E-state index in [4.69, 9.17) is 14.5 Å². The summed E-state index contributed by atoms with van der Waals surface area (Å²) in [6.45, 7) is 9.74. The lowest BCUT2D eigenvalue weighted by atomic mass is 9.86. The number of urea groups is 1. The third-order valence-corrected chi connectivity index (χ3v) is 10.5. The molecule has 12 nitrogen and oxygen atoms in total. The topological polar surface area (TPSA) is 159 Å². The second-order valence-electron chi connectivity index (χ2n) is 14.3. The number of aromatic nitrogens is 1. The van der Waals surface area contributed by atoms with Crippen LogP contribution >= 0.6 is 11.3 Å². The number of fused-ring (bicyclic) bond motifs is 1. The summed E-state index contributed by atoms with van der Waals surface area (Å²) in [5.41, 5.74) is 0.759. The number of nitrogens with one attached hydrogen (secondary N) is 3. The molecule has 1 saturated heterocycles. The molecule has 2 aliphatic rings. The van der Waals surface area contributed by atoms with Crippen LogP contribution in [-0.4, -0.2) is 82.7 Å². The summed E-state index contributed by atoms with van der Waals surface area (Å²) >= 11 is 1.41. The van der Waals surface area contributed by atoms with Crippen molar-refractivity contribution in [3.63, 3.8) is 0 Å². The van der Waals surface area contributed by atoms with Crippen LogP contribution in [0.2, 0.25) is 0 Å². The number of nitrogens with zero attached hydrogens (tertiary/aromatic N) is 2. The lowest BCUT2D eigenvalue weighted by molar-refractivity contribution is -0.144. The Hall–Kier alpha value is -5.43. The molecule has 5 atom stereocenters. The van der Waals surface area contributed by atoms with Crippen LogP contribution in [0.1, 0.15) is 44.0 Å². The van der Waals surface area contributed by atoms with E-state index in [9.17, 15) is 24.3 Å². The molecular weight excluding hydrogens is 683 g/mol. The van der Waals surface area contributed by atoms with Crippen molar-refractivity contribution in [3.05, 3.63) is 89.6 Å². The molecule has 3 heterocycles. The summed E-state index contributed by atoms with van der Waals surface area (Å²) in [5.74, 6) is -1.30. The molecule has 4 amide bonds. The van der Waals surface area contributed by atoms with Crippen LogP contribution in [0.15, 0.2) is 84.1 Å². The molecule has 2 aromatic carbocycles. The smallest absolute Gasteiger partial charge is 0.330 e. The zero-order valence-corrected chi connectivity index (χ0v) is 30.4. The molecule has 52 heavy (non-hydrogen) atoms. The molecule has 0 radical (unpaired) electrons. The summed E-state index contributed by atoms with van der Waals surface area (Å²) in [6.07, 6.45) is 1.19. The van der Waals surface area contributed by atoms with Crippen LogP contribution in [-0.2, 0) is 9.59 Å². The first-order valence-corrected chi connectivity index (χ1v) is 18.0. The van der Waals surface area contributed by atoms with Gasteiger partial charge in [-0.25, -0.2) is 14.6 Å². The molecule has 5 unspecified atom stereocenters. The Balaban J connectivity index is 1.29. The van der Waals surface area contributed by atoms with Crippen molar-refractivity contribution >= 4 is 46.1 Å². The van der Waals surface area contributed by atoms with E-state index in [-0.39, 0.29) is 31.8 Å². The number of carbonyl (C=O) groups is 4. The van der Waals surface area contributed by atoms with Gasteiger partial charge in [0, 0.05) is 52.9 Å². The second-order valence-corrected chi connectivity index (χ2v) is 15.1. The number of rotatable bonds is 12. The van der Waals surface area contributed by atoms with Crippen molar-refractivity contribution < 1.29 is 33.8 Å². The standard InChI is InChI=1S/C39H43N5O7S/c1-6-25-19-39(25,36(47)48)43-35(46)31-17-27(21-44(31)37(49)42-33(38(2,3)4)20-40-34(45)24-14-15-52-22-24)51-32-18-29(23-10-8-7-9-11-23)41-30-16-26(50-5)12-13-28(30)32/h6-16,18,22,25,27,31,33H,1,17,19-21H2,2-5H3,(H,40,45)(H,42,49)(H,43,46)(H,47,48). The van der Waals surface area contributed by atoms with Gasteiger partial charge in [-0.05, 0) is 35.4 Å². The second kappa shape index (κ2) is 14.7. The molecule has 4 N–H and O–H groups in total. The van der Waals surface area contributed by atoms with Gasteiger partial charge >= 0.3 is 12.0 Å². The molecule has 6 rings (SSSR count).